The van der Waals surface area contributed by atoms with Crippen molar-refractivity contribution in [3.63, 3.8) is 0 Å². The Balaban J connectivity index is 3.16. The summed E-state index contributed by atoms with van der Waals surface area (Å²) in [7, 11) is 0. The summed E-state index contributed by atoms with van der Waals surface area (Å²) in [5.74, 6) is -0.607. The van der Waals surface area contributed by atoms with E-state index in [0.29, 0.717) is 12.1 Å². The molecule has 1 rings (SSSR count). The van der Waals surface area contributed by atoms with Gasteiger partial charge in [-0.05, 0) is 18.2 Å². The van der Waals surface area contributed by atoms with Crippen molar-refractivity contribution in [3.05, 3.63) is 23.8 Å². The van der Waals surface area contributed by atoms with Gasteiger partial charge in [0.15, 0.2) is 0 Å². The molecule has 3 nitrogen and oxygen atoms in total. The molecule has 0 bridgehead atoms. The zero-order valence-electron chi connectivity index (χ0n) is 9.92. The van der Waals surface area contributed by atoms with Gasteiger partial charge in [0, 0.05) is 0 Å². The molecule has 0 unspecified atom stereocenters. The number of benzene rings is 1. The Hall–Kier alpha value is -1.57. The van der Waals surface area contributed by atoms with E-state index in [4.69, 9.17) is 17.3 Å². The molecule has 0 aliphatic carbocycles. The largest absolute Gasteiger partial charge is 0.485 e. The zero-order valence-corrected chi connectivity index (χ0v) is 10.7. The van der Waals surface area contributed by atoms with Crippen LogP contribution in [0.2, 0.25) is 0 Å². The fourth-order valence-corrected chi connectivity index (χ4v) is 1.30. The van der Waals surface area contributed by atoms with E-state index in [1.807, 2.05) is 0 Å². The molecule has 0 aliphatic heterocycles. The minimum absolute atomic E-state index is 0.159. The van der Waals surface area contributed by atoms with Crippen LogP contribution < -0.4 is 10.5 Å². The van der Waals surface area contributed by atoms with Gasteiger partial charge in [-0.2, -0.15) is 13.2 Å². The molecule has 0 spiro atoms. The zero-order chi connectivity index (χ0) is 15.3. The van der Waals surface area contributed by atoms with Crippen molar-refractivity contribution in [1.29, 1.82) is 0 Å². The van der Waals surface area contributed by atoms with E-state index in [0.717, 1.165) is 6.07 Å². The quantitative estimate of drug-likeness (QED) is 0.391. The summed E-state index contributed by atoms with van der Waals surface area (Å²) in [6, 6.07) is 2.27. The van der Waals surface area contributed by atoms with Crippen LogP contribution in [0.25, 0.3) is 0 Å². The van der Waals surface area contributed by atoms with Gasteiger partial charge in [-0.15, -0.1) is 11.6 Å². The number of alkyl halides is 6. The van der Waals surface area contributed by atoms with Gasteiger partial charge in [-0.3, -0.25) is 0 Å². The lowest BCUT2D eigenvalue weighted by Gasteiger charge is -2.12. The van der Waals surface area contributed by atoms with Gasteiger partial charge in [0.1, 0.15) is 23.9 Å². The van der Waals surface area contributed by atoms with Crippen molar-refractivity contribution in [2.24, 2.45) is 10.7 Å². The van der Waals surface area contributed by atoms with Crippen molar-refractivity contribution in [2.75, 3.05) is 12.5 Å². The first kappa shape index (κ1) is 16.5. The van der Waals surface area contributed by atoms with Crippen LogP contribution in [0.5, 0.6) is 5.75 Å². The maximum atomic E-state index is 12.6. The summed E-state index contributed by atoms with van der Waals surface area (Å²) in [5, 5.41) is 0. The topological polar surface area (TPSA) is 47.6 Å². The van der Waals surface area contributed by atoms with Gasteiger partial charge in [0.25, 0.3) is 6.43 Å². The molecule has 0 aliphatic rings. The number of halogens is 6. The SMILES string of the molecule is NC(CCl)=Nc1cc(C(F)(F)F)ccc1OCC(F)F. The third kappa shape index (κ3) is 4.84. The maximum Gasteiger partial charge on any atom is 0.416 e. The third-order valence-electron chi connectivity index (χ3n) is 2.05. The first-order valence-corrected chi connectivity index (χ1v) is 5.78. The number of ether oxygens (including phenoxy) is 1. The van der Waals surface area contributed by atoms with Crippen LogP contribution >= 0.6 is 11.6 Å². The van der Waals surface area contributed by atoms with Crippen LogP contribution in [0.3, 0.4) is 0 Å². The Bertz CT molecular complexity index is 490. The Labute approximate surface area is 116 Å². The lowest BCUT2D eigenvalue weighted by Crippen LogP contribution is -2.13. The van der Waals surface area contributed by atoms with Crippen LogP contribution in [-0.4, -0.2) is 24.7 Å². The first-order chi connectivity index (χ1) is 9.24. The Morgan fingerprint density at radius 1 is 1.35 bits per heavy atom. The second kappa shape index (κ2) is 6.74. The summed E-state index contributed by atoms with van der Waals surface area (Å²) in [5.41, 5.74) is 4.02. The Kier molecular flexibility index (Phi) is 5.55. The van der Waals surface area contributed by atoms with Crippen molar-refractivity contribution in [2.45, 2.75) is 12.6 Å². The second-order valence-electron chi connectivity index (χ2n) is 3.62. The van der Waals surface area contributed by atoms with E-state index in [-0.39, 0.29) is 23.2 Å². The molecule has 0 saturated carbocycles. The molecule has 9 heteroatoms. The summed E-state index contributed by atoms with van der Waals surface area (Å²) in [4.78, 5) is 3.62. The molecule has 0 heterocycles. The molecule has 1 aromatic rings. The van der Waals surface area contributed by atoms with E-state index < -0.39 is 24.8 Å². The lowest BCUT2D eigenvalue weighted by atomic mass is 10.2. The number of rotatable bonds is 5. The highest BCUT2D eigenvalue weighted by atomic mass is 35.5. The number of nitrogens with zero attached hydrogens (tertiary/aromatic N) is 1. The first-order valence-electron chi connectivity index (χ1n) is 5.25. The van der Waals surface area contributed by atoms with Gasteiger partial charge in [0.2, 0.25) is 0 Å². The standard InChI is InChI=1S/C11H10ClF5N2O/c12-4-10(18)19-7-3-6(11(15,16)17)1-2-8(7)20-5-9(13)14/h1-3,9H,4-5H2,(H2,18,19). The van der Waals surface area contributed by atoms with Crippen LogP contribution in [0, 0.1) is 0 Å². The van der Waals surface area contributed by atoms with E-state index in [1.165, 1.54) is 0 Å². The van der Waals surface area contributed by atoms with E-state index in [9.17, 15) is 22.0 Å². The van der Waals surface area contributed by atoms with Crippen molar-refractivity contribution >= 4 is 23.1 Å². The fraction of sp³-hybridized carbons (Fsp3) is 0.364. The number of aliphatic imine (C=N–C) groups is 1. The smallest absolute Gasteiger partial charge is 0.416 e. The number of amidine groups is 1. The highest BCUT2D eigenvalue weighted by molar-refractivity contribution is 6.28. The monoisotopic (exact) mass is 316 g/mol. The van der Waals surface area contributed by atoms with Crippen molar-refractivity contribution < 1.29 is 26.7 Å². The molecular weight excluding hydrogens is 307 g/mol. The van der Waals surface area contributed by atoms with Crippen molar-refractivity contribution in [3.8, 4) is 5.75 Å². The van der Waals surface area contributed by atoms with E-state index >= 15 is 0 Å². The summed E-state index contributed by atoms with van der Waals surface area (Å²) in [6.45, 7) is -0.964. The summed E-state index contributed by atoms with van der Waals surface area (Å²) < 4.78 is 66.5. The molecule has 0 amide bonds. The van der Waals surface area contributed by atoms with E-state index in [1.54, 1.807) is 0 Å². The van der Waals surface area contributed by atoms with Gasteiger partial charge in [-0.1, -0.05) is 0 Å². The highest BCUT2D eigenvalue weighted by Crippen LogP contribution is 2.36. The number of hydrogen-bond donors (Lipinski definition) is 1. The van der Waals surface area contributed by atoms with Crippen LogP contribution in [-0.2, 0) is 6.18 Å². The Morgan fingerprint density at radius 2 is 2.00 bits per heavy atom. The molecule has 2 N–H and O–H groups in total. The van der Waals surface area contributed by atoms with E-state index in [2.05, 4.69) is 9.73 Å². The fourth-order valence-electron chi connectivity index (χ4n) is 1.24. The molecule has 0 fully saturated rings. The number of hydrogen-bond acceptors (Lipinski definition) is 2. The maximum absolute atomic E-state index is 12.6. The molecule has 0 atom stereocenters. The molecule has 0 radical (unpaired) electrons. The minimum Gasteiger partial charge on any atom is -0.485 e. The minimum atomic E-state index is -4.60. The predicted molar refractivity (Wildman–Crippen MR) is 64.9 cm³/mol. The second-order valence-corrected chi connectivity index (χ2v) is 3.89. The number of nitrogens with two attached hydrogens (primary N) is 1. The third-order valence-corrected chi connectivity index (χ3v) is 2.33. The van der Waals surface area contributed by atoms with Crippen LogP contribution in [0.1, 0.15) is 5.56 Å². The molecule has 0 saturated heterocycles. The highest BCUT2D eigenvalue weighted by Gasteiger charge is 2.31. The van der Waals surface area contributed by atoms with Gasteiger partial charge < -0.3 is 10.5 Å². The van der Waals surface area contributed by atoms with Gasteiger partial charge >= 0.3 is 6.18 Å². The van der Waals surface area contributed by atoms with Crippen molar-refractivity contribution in [1.82, 2.24) is 0 Å². The van der Waals surface area contributed by atoms with Gasteiger partial charge in [0.05, 0.1) is 11.4 Å². The molecule has 0 aromatic heterocycles. The average molecular weight is 317 g/mol. The summed E-state index contributed by atoms with van der Waals surface area (Å²) >= 11 is 5.37. The van der Waals surface area contributed by atoms with Gasteiger partial charge in [-0.25, -0.2) is 13.8 Å². The predicted octanol–water partition coefficient (Wildman–Crippen LogP) is 3.58. The van der Waals surface area contributed by atoms with Crippen LogP contribution in [0.15, 0.2) is 23.2 Å². The average Bonchev–Trinajstić information content (AvgIpc) is 2.35. The molecular formula is C11H10ClF5N2O. The Morgan fingerprint density at radius 3 is 2.50 bits per heavy atom. The molecule has 112 valence electrons. The molecule has 1 aromatic carbocycles. The molecule has 20 heavy (non-hydrogen) atoms. The lowest BCUT2D eigenvalue weighted by molar-refractivity contribution is -0.137. The summed E-state index contributed by atoms with van der Waals surface area (Å²) in [6.07, 6.45) is -7.36. The van der Waals surface area contributed by atoms with Crippen LogP contribution in [0.4, 0.5) is 27.6 Å². The normalized spacial score (nSPS) is 12.8.